The summed E-state index contributed by atoms with van der Waals surface area (Å²) in [5, 5.41) is 0. The average Bonchev–Trinajstić information content (AvgIpc) is 3.27. The monoisotopic (exact) mass is 429 g/mol. The average molecular weight is 430 g/mol. The number of piperazine rings is 1. The Kier molecular flexibility index (Phi) is 5.91. The van der Waals surface area contributed by atoms with Crippen LogP contribution in [-0.4, -0.2) is 85.9 Å². The Morgan fingerprint density at radius 3 is 2.65 bits per heavy atom. The molecule has 2 saturated heterocycles. The number of benzene rings is 1. The van der Waals surface area contributed by atoms with E-state index in [1.165, 1.54) is 5.56 Å². The summed E-state index contributed by atoms with van der Waals surface area (Å²) in [6, 6.07) is 6.63. The van der Waals surface area contributed by atoms with Gasteiger partial charge in [0.05, 0.1) is 0 Å². The van der Waals surface area contributed by atoms with Gasteiger partial charge in [0.15, 0.2) is 11.5 Å². The van der Waals surface area contributed by atoms with Gasteiger partial charge in [-0.25, -0.2) is 0 Å². The van der Waals surface area contributed by atoms with Crippen molar-refractivity contribution in [1.29, 1.82) is 0 Å². The van der Waals surface area contributed by atoms with Gasteiger partial charge < -0.3 is 23.8 Å². The molecule has 31 heavy (non-hydrogen) atoms. The molecular formula is C23H31N3O5. The van der Waals surface area contributed by atoms with Crippen LogP contribution in [0.1, 0.15) is 25.3 Å². The largest absolute Gasteiger partial charge is 0.491 e. The van der Waals surface area contributed by atoms with Crippen LogP contribution in [-0.2, 0) is 20.8 Å². The van der Waals surface area contributed by atoms with Gasteiger partial charge in [0.2, 0.25) is 12.6 Å². The Labute approximate surface area is 183 Å². The summed E-state index contributed by atoms with van der Waals surface area (Å²) in [4.78, 5) is 19.9. The van der Waals surface area contributed by atoms with E-state index in [0.717, 1.165) is 70.2 Å². The summed E-state index contributed by atoms with van der Waals surface area (Å²) in [6.45, 7) is 9.67. The molecule has 0 aromatic heterocycles. The Hall–Kier alpha value is -2.45. The van der Waals surface area contributed by atoms with E-state index in [9.17, 15) is 4.79 Å². The Balaban J connectivity index is 1.14. The van der Waals surface area contributed by atoms with Crippen LogP contribution in [0.2, 0.25) is 0 Å². The first kappa shape index (κ1) is 20.5. The maximum Gasteiger partial charge on any atom is 0.292 e. The van der Waals surface area contributed by atoms with Gasteiger partial charge >= 0.3 is 0 Å². The van der Waals surface area contributed by atoms with Crippen molar-refractivity contribution in [3.63, 3.8) is 0 Å². The van der Waals surface area contributed by atoms with E-state index in [-0.39, 0.29) is 5.91 Å². The van der Waals surface area contributed by atoms with Gasteiger partial charge in [0.25, 0.3) is 5.91 Å². The molecule has 0 aliphatic carbocycles. The molecule has 0 radical (unpaired) electrons. The Morgan fingerprint density at radius 2 is 1.81 bits per heavy atom. The molecule has 4 heterocycles. The molecule has 0 saturated carbocycles. The number of amides is 1. The number of nitrogens with zero attached hydrogens (tertiary/aromatic N) is 3. The number of carbonyl (C=O) groups excluding carboxylic acids is 1. The molecule has 0 bridgehead atoms. The van der Waals surface area contributed by atoms with Crippen LogP contribution in [0.15, 0.2) is 29.7 Å². The molecular weight excluding hydrogens is 398 g/mol. The molecule has 0 N–H and O–H groups in total. The first-order valence-corrected chi connectivity index (χ1v) is 11.3. The number of allylic oxidation sites excluding steroid dienone is 1. The second kappa shape index (κ2) is 8.96. The minimum atomic E-state index is -0.0247. The second-order valence-corrected chi connectivity index (χ2v) is 8.63. The van der Waals surface area contributed by atoms with Crippen LogP contribution in [0.5, 0.6) is 11.5 Å². The molecule has 1 atom stereocenters. The zero-order chi connectivity index (χ0) is 21.2. The van der Waals surface area contributed by atoms with E-state index in [2.05, 4.69) is 21.9 Å². The van der Waals surface area contributed by atoms with Crippen molar-refractivity contribution in [3.05, 3.63) is 35.3 Å². The molecule has 8 nitrogen and oxygen atoms in total. The minimum Gasteiger partial charge on any atom is -0.491 e. The summed E-state index contributed by atoms with van der Waals surface area (Å²) >= 11 is 0. The number of hydrogen-bond acceptors (Lipinski definition) is 7. The molecule has 4 aliphatic heterocycles. The van der Waals surface area contributed by atoms with E-state index < -0.39 is 0 Å². The van der Waals surface area contributed by atoms with Crippen molar-refractivity contribution in [2.24, 2.45) is 0 Å². The van der Waals surface area contributed by atoms with Gasteiger partial charge in [-0.05, 0) is 37.5 Å². The van der Waals surface area contributed by atoms with Crippen LogP contribution in [0, 0.1) is 0 Å². The van der Waals surface area contributed by atoms with Gasteiger partial charge in [-0.1, -0.05) is 6.07 Å². The van der Waals surface area contributed by atoms with Crippen molar-refractivity contribution in [1.82, 2.24) is 14.7 Å². The van der Waals surface area contributed by atoms with E-state index in [1.54, 1.807) is 0 Å². The fourth-order valence-electron chi connectivity index (χ4n) is 4.88. The summed E-state index contributed by atoms with van der Waals surface area (Å²) in [7, 11) is 0. The van der Waals surface area contributed by atoms with Crippen molar-refractivity contribution in [2.45, 2.75) is 32.4 Å². The lowest BCUT2D eigenvalue weighted by Crippen LogP contribution is -2.55. The molecule has 5 rings (SSSR count). The van der Waals surface area contributed by atoms with Crippen molar-refractivity contribution in [2.75, 3.05) is 59.3 Å². The van der Waals surface area contributed by atoms with E-state index in [4.69, 9.17) is 18.9 Å². The standard InChI is InChI=1S/C23H31N3O5/c1-17-22(29-12-11-28-17)23(27)26-6-2-3-19(15-26)25-9-7-24(8-10-25)14-18-4-5-20-21(13-18)31-16-30-20/h4-5,13,19H,2-3,6-12,14-16H2,1H3/t19-/m0/s1. The van der Waals surface area contributed by atoms with Crippen LogP contribution in [0.25, 0.3) is 0 Å². The number of ether oxygens (including phenoxy) is 4. The van der Waals surface area contributed by atoms with Gasteiger partial charge in [-0.2, -0.15) is 0 Å². The normalized spacial score (nSPS) is 24.7. The van der Waals surface area contributed by atoms with E-state index >= 15 is 0 Å². The van der Waals surface area contributed by atoms with Crippen molar-refractivity contribution < 1.29 is 23.7 Å². The quantitative estimate of drug-likeness (QED) is 0.723. The summed E-state index contributed by atoms with van der Waals surface area (Å²) in [6.07, 6.45) is 2.17. The summed E-state index contributed by atoms with van der Waals surface area (Å²) < 4.78 is 22.0. The predicted molar refractivity (Wildman–Crippen MR) is 114 cm³/mol. The SMILES string of the molecule is CC1=C(C(=O)N2CCC[C@H](N3CCN(Cc4ccc5c(c4)OCO5)CC3)C2)OCCO1. The topological polar surface area (TPSA) is 63.7 Å². The highest BCUT2D eigenvalue weighted by Gasteiger charge is 2.33. The maximum absolute atomic E-state index is 12.9. The fourth-order valence-corrected chi connectivity index (χ4v) is 4.88. The summed E-state index contributed by atoms with van der Waals surface area (Å²) in [5.74, 6) is 2.65. The first-order chi connectivity index (χ1) is 15.2. The number of fused-ring (bicyclic) bond motifs is 1. The third-order valence-electron chi connectivity index (χ3n) is 6.61. The fraction of sp³-hybridized carbons (Fsp3) is 0.609. The third-order valence-corrected chi connectivity index (χ3v) is 6.61. The molecule has 1 aromatic carbocycles. The molecule has 1 aromatic rings. The highest BCUT2D eigenvalue weighted by Crippen LogP contribution is 2.33. The highest BCUT2D eigenvalue weighted by molar-refractivity contribution is 5.92. The predicted octanol–water partition coefficient (Wildman–Crippen LogP) is 1.80. The molecule has 8 heteroatoms. The van der Waals surface area contributed by atoms with Crippen LogP contribution in [0.4, 0.5) is 0 Å². The molecule has 168 valence electrons. The Morgan fingerprint density at radius 1 is 1.00 bits per heavy atom. The van der Waals surface area contributed by atoms with Crippen LogP contribution < -0.4 is 9.47 Å². The number of carbonyl (C=O) groups is 1. The lowest BCUT2D eigenvalue weighted by Gasteiger charge is -2.43. The number of rotatable bonds is 4. The molecule has 4 aliphatic rings. The van der Waals surface area contributed by atoms with E-state index in [1.807, 2.05) is 17.9 Å². The molecule has 0 unspecified atom stereocenters. The zero-order valence-electron chi connectivity index (χ0n) is 18.2. The van der Waals surface area contributed by atoms with Gasteiger partial charge in [-0.3, -0.25) is 14.6 Å². The summed E-state index contributed by atoms with van der Waals surface area (Å²) in [5.41, 5.74) is 1.26. The smallest absolute Gasteiger partial charge is 0.292 e. The van der Waals surface area contributed by atoms with Crippen LogP contribution >= 0.6 is 0 Å². The van der Waals surface area contributed by atoms with Crippen molar-refractivity contribution in [3.8, 4) is 11.5 Å². The van der Waals surface area contributed by atoms with Crippen LogP contribution in [0.3, 0.4) is 0 Å². The third kappa shape index (κ3) is 4.45. The molecule has 1 amide bonds. The number of likely N-dealkylation sites (tertiary alicyclic amines) is 1. The molecule has 0 spiro atoms. The number of hydrogen-bond donors (Lipinski definition) is 0. The lowest BCUT2D eigenvalue weighted by atomic mass is 10.0. The minimum absolute atomic E-state index is 0.0247. The molecule has 2 fully saturated rings. The lowest BCUT2D eigenvalue weighted by molar-refractivity contribution is -0.135. The van der Waals surface area contributed by atoms with Gasteiger partial charge in [-0.15, -0.1) is 0 Å². The number of piperidine rings is 1. The van der Waals surface area contributed by atoms with E-state index in [0.29, 0.717) is 37.6 Å². The van der Waals surface area contributed by atoms with Gasteiger partial charge in [0.1, 0.15) is 19.0 Å². The Bertz CT molecular complexity index is 850. The van der Waals surface area contributed by atoms with Crippen molar-refractivity contribution >= 4 is 5.91 Å². The maximum atomic E-state index is 12.9. The first-order valence-electron chi connectivity index (χ1n) is 11.3. The highest BCUT2D eigenvalue weighted by atomic mass is 16.7. The zero-order valence-corrected chi connectivity index (χ0v) is 18.2. The van der Waals surface area contributed by atoms with Gasteiger partial charge in [0, 0.05) is 51.9 Å². The second-order valence-electron chi connectivity index (χ2n) is 8.63.